The van der Waals surface area contributed by atoms with E-state index in [0.29, 0.717) is 28.0 Å². The molecule has 12 heteroatoms. The Balaban J connectivity index is 1.39. The summed E-state index contributed by atoms with van der Waals surface area (Å²) >= 11 is 3.51. The molecule has 0 unspecified atom stereocenters. The second-order valence-electron chi connectivity index (χ2n) is 8.84. The van der Waals surface area contributed by atoms with Gasteiger partial charge in [0.15, 0.2) is 5.65 Å². The molecule has 0 aliphatic heterocycles. The van der Waals surface area contributed by atoms with E-state index in [1.807, 2.05) is 31.2 Å². The molecular weight excluding hydrogens is 516 g/mol. The van der Waals surface area contributed by atoms with Crippen LogP contribution < -0.4 is 10.6 Å². The highest BCUT2D eigenvalue weighted by molar-refractivity contribution is 9.10. The molecule has 5 rings (SSSR count). The topological polar surface area (TPSA) is 133 Å². The lowest BCUT2D eigenvalue weighted by Crippen LogP contribution is -2.35. The Kier molecular flexibility index (Phi) is 6.24. The number of nitrogens with one attached hydrogen (secondary N) is 2. The molecule has 4 aromatic rings. The number of carbonyl (C=O) groups excluding carboxylic acids is 1. The van der Waals surface area contributed by atoms with E-state index < -0.39 is 0 Å². The third-order valence-corrected chi connectivity index (χ3v) is 6.91. The van der Waals surface area contributed by atoms with Crippen LogP contribution in [0.3, 0.4) is 0 Å². The molecule has 0 radical (unpaired) electrons. The van der Waals surface area contributed by atoms with Crippen molar-refractivity contribution >= 4 is 38.8 Å². The number of halogens is 1. The van der Waals surface area contributed by atoms with Crippen LogP contribution in [0.5, 0.6) is 0 Å². The lowest BCUT2D eigenvalue weighted by molar-refractivity contribution is -0.129. The molecule has 0 spiro atoms. The average molecular weight is 541 g/mol. The highest BCUT2D eigenvalue weighted by atomic mass is 79.9. The molecule has 2 atom stereocenters. The van der Waals surface area contributed by atoms with Crippen molar-refractivity contribution in [3.05, 3.63) is 41.0 Å². The number of benzene rings is 1. The van der Waals surface area contributed by atoms with Crippen molar-refractivity contribution in [2.75, 3.05) is 19.5 Å². The van der Waals surface area contributed by atoms with Crippen LogP contribution in [0.25, 0.3) is 28.2 Å². The van der Waals surface area contributed by atoms with E-state index in [2.05, 4.69) is 46.8 Å². The Hall–Kier alpha value is -3.38. The highest BCUT2D eigenvalue weighted by Crippen LogP contribution is 2.39. The number of fused-ring (bicyclic) bond motifs is 1. The Morgan fingerprint density at radius 1 is 1.31 bits per heavy atom. The summed E-state index contributed by atoms with van der Waals surface area (Å²) in [5.41, 5.74) is 1.89. The number of rotatable bonds is 7. The third kappa shape index (κ3) is 4.50. The number of anilines is 1. The number of aromatic nitrogens is 6. The van der Waals surface area contributed by atoms with Crippen LogP contribution in [0.1, 0.15) is 32.1 Å². The summed E-state index contributed by atoms with van der Waals surface area (Å²) in [7, 11) is 3.25. The molecule has 182 valence electrons. The summed E-state index contributed by atoms with van der Waals surface area (Å²) in [5, 5.41) is 19.6. The van der Waals surface area contributed by atoms with E-state index >= 15 is 0 Å². The van der Waals surface area contributed by atoms with E-state index in [4.69, 9.17) is 14.1 Å². The van der Waals surface area contributed by atoms with Crippen LogP contribution in [0.2, 0.25) is 0 Å². The van der Waals surface area contributed by atoms with Crippen LogP contribution >= 0.6 is 15.9 Å². The fourth-order valence-corrected chi connectivity index (χ4v) is 4.91. The molecule has 2 N–H and O–H groups in total. The van der Waals surface area contributed by atoms with Crippen LogP contribution in [-0.2, 0) is 16.1 Å². The molecule has 3 heterocycles. The Labute approximate surface area is 209 Å². The summed E-state index contributed by atoms with van der Waals surface area (Å²) in [4.78, 5) is 21.5. The summed E-state index contributed by atoms with van der Waals surface area (Å²) < 4.78 is 13.0. The number of nitrogens with zero attached hydrogens (tertiary/aromatic N) is 6. The summed E-state index contributed by atoms with van der Waals surface area (Å²) in [5.74, 6) is 1.41. The second kappa shape index (κ2) is 9.34. The van der Waals surface area contributed by atoms with Gasteiger partial charge in [-0.2, -0.15) is 10.1 Å². The molecule has 0 saturated heterocycles. The SMILES string of the molecule is CNC(=O)[C@]1(C)CC[C@@H](Nc2ncc3c(Br)nn(-c4ccc(-c5nnc(COC)o5)cc4)c3n2)C1. The van der Waals surface area contributed by atoms with Gasteiger partial charge in [-0.1, -0.05) is 6.92 Å². The van der Waals surface area contributed by atoms with E-state index in [-0.39, 0.29) is 24.0 Å². The van der Waals surface area contributed by atoms with Crippen LogP contribution in [-0.4, -0.2) is 56.1 Å². The molecule has 1 aliphatic rings. The molecule has 3 aromatic heterocycles. The number of methoxy groups -OCH3 is 1. The largest absolute Gasteiger partial charge is 0.418 e. The average Bonchev–Trinajstić information content (AvgIpc) is 3.57. The predicted molar refractivity (Wildman–Crippen MR) is 132 cm³/mol. The van der Waals surface area contributed by atoms with Gasteiger partial charge in [-0.15, -0.1) is 10.2 Å². The van der Waals surface area contributed by atoms with Gasteiger partial charge in [-0.3, -0.25) is 4.79 Å². The van der Waals surface area contributed by atoms with E-state index in [0.717, 1.165) is 35.9 Å². The Morgan fingerprint density at radius 3 is 2.86 bits per heavy atom. The Bertz CT molecular complexity index is 1370. The van der Waals surface area contributed by atoms with Crippen LogP contribution in [0.4, 0.5) is 5.95 Å². The van der Waals surface area contributed by atoms with Crippen LogP contribution in [0.15, 0.2) is 39.5 Å². The summed E-state index contributed by atoms with van der Waals surface area (Å²) in [6.07, 6.45) is 4.16. The zero-order valence-corrected chi connectivity index (χ0v) is 21.2. The zero-order valence-electron chi connectivity index (χ0n) is 19.6. The molecule has 1 aromatic carbocycles. The zero-order chi connectivity index (χ0) is 24.6. The first kappa shape index (κ1) is 23.4. The quantitative estimate of drug-likeness (QED) is 0.361. The second-order valence-corrected chi connectivity index (χ2v) is 9.59. The molecular formula is C23H25BrN8O3. The van der Waals surface area contributed by atoms with E-state index in [9.17, 15) is 4.79 Å². The van der Waals surface area contributed by atoms with Gasteiger partial charge in [0.1, 0.15) is 11.2 Å². The minimum atomic E-state index is -0.383. The number of carbonyl (C=O) groups is 1. The smallest absolute Gasteiger partial charge is 0.247 e. The van der Waals surface area contributed by atoms with Gasteiger partial charge in [0.2, 0.25) is 23.6 Å². The Morgan fingerprint density at radius 2 is 2.11 bits per heavy atom. The van der Waals surface area contributed by atoms with Gasteiger partial charge in [0.05, 0.1) is 11.1 Å². The first-order valence-electron chi connectivity index (χ1n) is 11.2. The third-order valence-electron chi connectivity index (χ3n) is 6.32. The molecule has 1 fully saturated rings. The number of ether oxygens (including phenoxy) is 1. The van der Waals surface area contributed by atoms with Gasteiger partial charge in [-0.05, 0) is 59.5 Å². The van der Waals surface area contributed by atoms with Crippen molar-refractivity contribution in [2.24, 2.45) is 5.41 Å². The fourth-order valence-electron chi connectivity index (χ4n) is 4.47. The maximum atomic E-state index is 12.3. The van der Waals surface area contributed by atoms with Gasteiger partial charge in [0, 0.05) is 37.4 Å². The first-order valence-corrected chi connectivity index (χ1v) is 12.0. The molecule has 1 aliphatic carbocycles. The lowest BCUT2D eigenvalue weighted by atomic mass is 9.87. The maximum absolute atomic E-state index is 12.3. The standard InChI is InChI=1S/C23H25BrN8O3/c1-23(21(33)25-2)9-8-14(10-23)27-22-26-11-16-18(24)31-32(19(16)28-22)15-6-4-13(5-7-15)20-30-29-17(35-20)12-34-3/h4-7,11,14H,8-10,12H2,1-3H3,(H,25,33)(H,26,27,28)/t14-,23-/m1/s1. The first-order chi connectivity index (χ1) is 16.9. The van der Waals surface area contributed by atoms with Gasteiger partial charge in [0.25, 0.3) is 0 Å². The molecule has 1 saturated carbocycles. The molecule has 1 amide bonds. The van der Waals surface area contributed by atoms with Crippen LogP contribution in [0, 0.1) is 5.41 Å². The number of amides is 1. The van der Waals surface area contributed by atoms with Gasteiger partial charge in [-0.25, -0.2) is 9.67 Å². The number of hydrogen-bond acceptors (Lipinski definition) is 9. The molecule has 0 bridgehead atoms. The van der Waals surface area contributed by atoms with Crippen molar-refractivity contribution < 1.29 is 13.9 Å². The monoisotopic (exact) mass is 540 g/mol. The van der Waals surface area contributed by atoms with Crippen molar-refractivity contribution in [3.8, 4) is 17.1 Å². The minimum absolute atomic E-state index is 0.0686. The molecule has 35 heavy (non-hydrogen) atoms. The lowest BCUT2D eigenvalue weighted by Gasteiger charge is -2.22. The fraction of sp³-hybridized carbons (Fsp3) is 0.391. The highest BCUT2D eigenvalue weighted by Gasteiger charge is 2.41. The van der Waals surface area contributed by atoms with E-state index in [1.54, 1.807) is 25.0 Å². The van der Waals surface area contributed by atoms with Crippen molar-refractivity contribution in [3.63, 3.8) is 0 Å². The van der Waals surface area contributed by atoms with Gasteiger partial charge < -0.3 is 19.8 Å². The normalized spacial score (nSPS) is 19.8. The minimum Gasteiger partial charge on any atom is -0.418 e. The van der Waals surface area contributed by atoms with Gasteiger partial charge >= 0.3 is 0 Å². The maximum Gasteiger partial charge on any atom is 0.247 e. The van der Waals surface area contributed by atoms with Crippen molar-refractivity contribution in [2.45, 2.75) is 38.8 Å². The molecule has 11 nitrogen and oxygen atoms in total. The summed E-state index contributed by atoms with van der Waals surface area (Å²) in [6, 6.07) is 7.72. The van der Waals surface area contributed by atoms with E-state index in [1.165, 1.54) is 0 Å². The summed E-state index contributed by atoms with van der Waals surface area (Å²) in [6.45, 7) is 2.26. The van der Waals surface area contributed by atoms with Crippen molar-refractivity contribution in [1.29, 1.82) is 0 Å². The number of hydrogen-bond donors (Lipinski definition) is 2. The van der Waals surface area contributed by atoms with Crippen molar-refractivity contribution in [1.82, 2.24) is 35.3 Å². The predicted octanol–water partition coefficient (Wildman–Crippen LogP) is 3.49.